The second kappa shape index (κ2) is 5.29. The van der Waals surface area contributed by atoms with Crippen LogP contribution in [0.1, 0.15) is 37.2 Å². The van der Waals surface area contributed by atoms with Gasteiger partial charge in [0.2, 0.25) is 0 Å². The Labute approximate surface area is 91.2 Å². The fraction of sp³-hybridized carbons (Fsp3) is 0.538. The zero-order chi connectivity index (χ0) is 10.5. The van der Waals surface area contributed by atoms with Crippen LogP contribution in [-0.2, 0) is 15.9 Å². The first-order valence-corrected chi connectivity index (χ1v) is 5.73. The van der Waals surface area contributed by atoms with Crippen molar-refractivity contribution >= 4 is 0 Å². The monoisotopic (exact) mass is 206 g/mol. The van der Waals surface area contributed by atoms with Crippen LogP contribution in [-0.4, -0.2) is 13.2 Å². The molecule has 0 atom stereocenters. The molecule has 1 heterocycles. The molecule has 1 aliphatic rings. The van der Waals surface area contributed by atoms with Gasteiger partial charge >= 0.3 is 0 Å². The first kappa shape index (κ1) is 10.7. The number of hydrogen-bond donors (Lipinski definition) is 0. The van der Waals surface area contributed by atoms with Crippen molar-refractivity contribution in [2.24, 2.45) is 0 Å². The zero-order valence-corrected chi connectivity index (χ0v) is 9.24. The summed E-state index contributed by atoms with van der Waals surface area (Å²) in [5, 5.41) is 0. The Kier molecular flexibility index (Phi) is 3.75. The third-order valence-electron chi connectivity index (χ3n) is 2.73. The highest BCUT2D eigenvalue weighted by Crippen LogP contribution is 2.27. The highest BCUT2D eigenvalue weighted by atomic mass is 16.7. The number of hydrogen-bond acceptors (Lipinski definition) is 2. The molecule has 0 radical (unpaired) electrons. The smallest absolute Gasteiger partial charge is 0.184 e. The minimum absolute atomic E-state index is 0.127. The molecular formula is C13H18O2. The molecule has 0 saturated carbocycles. The topological polar surface area (TPSA) is 18.5 Å². The molecule has 0 spiro atoms. The highest BCUT2D eigenvalue weighted by molar-refractivity contribution is 5.28. The second-order valence-corrected chi connectivity index (χ2v) is 3.88. The number of benzene rings is 1. The lowest BCUT2D eigenvalue weighted by Crippen LogP contribution is -2.02. The molecule has 1 aromatic rings. The molecule has 1 saturated heterocycles. The van der Waals surface area contributed by atoms with E-state index in [2.05, 4.69) is 31.2 Å². The fourth-order valence-corrected chi connectivity index (χ4v) is 1.90. The lowest BCUT2D eigenvalue weighted by atomic mass is 10.0. The minimum Gasteiger partial charge on any atom is -0.346 e. The van der Waals surface area contributed by atoms with Gasteiger partial charge in [0.25, 0.3) is 0 Å². The van der Waals surface area contributed by atoms with E-state index < -0.39 is 0 Å². The molecule has 1 aliphatic heterocycles. The number of aryl methyl sites for hydroxylation is 1. The molecule has 1 fully saturated rings. The Bertz CT molecular complexity index is 303. The summed E-state index contributed by atoms with van der Waals surface area (Å²) in [6, 6.07) is 8.43. The van der Waals surface area contributed by atoms with Crippen LogP contribution in [0.5, 0.6) is 0 Å². The van der Waals surface area contributed by atoms with Gasteiger partial charge in [-0.15, -0.1) is 0 Å². The van der Waals surface area contributed by atoms with Crippen molar-refractivity contribution < 1.29 is 9.47 Å². The van der Waals surface area contributed by atoms with Gasteiger partial charge in [-0.3, -0.25) is 0 Å². The van der Waals surface area contributed by atoms with Crippen molar-refractivity contribution in [1.29, 1.82) is 0 Å². The Morgan fingerprint density at radius 3 is 2.67 bits per heavy atom. The summed E-state index contributed by atoms with van der Waals surface area (Å²) in [5.41, 5.74) is 2.58. The van der Waals surface area contributed by atoms with E-state index in [1.807, 2.05) is 0 Å². The van der Waals surface area contributed by atoms with Crippen molar-refractivity contribution in [3.8, 4) is 0 Å². The molecule has 0 amide bonds. The zero-order valence-electron chi connectivity index (χ0n) is 9.24. The van der Waals surface area contributed by atoms with E-state index in [-0.39, 0.29) is 6.29 Å². The van der Waals surface area contributed by atoms with Gasteiger partial charge in [0.05, 0.1) is 13.2 Å². The molecule has 0 unspecified atom stereocenters. The van der Waals surface area contributed by atoms with Crippen molar-refractivity contribution in [2.45, 2.75) is 32.5 Å². The molecule has 1 aromatic carbocycles. The quantitative estimate of drug-likeness (QED) is 0.753. The van der Waals surface area contributed by atoms with Gasteiger partial charge in [0, 0.05) is 5.56 Å². The highest BCUT2D eigenvalue weighted by Gasteiger charge is 2.20. The molecule has 0 aliphatic carbocycles. The molecule has 2 nitrogen and oxygen atoms in total. The van der Waals surface area contributed by atoms with Crippen LogP contribution in [0.25, 0.3) is 0 Å². The average molecular weight is 206 g/mol. The SMILES string of the molecule is CCCCc1ccccc1C1OCCO1. The number of ether oxygens (including phenoxy) is 2. The van der Waals surface area contributed by atoms with Crippen molar-refractivity contribution in [2.75, 3.05) is 13.2 Å². The van der Waals surface area contributed by atoms with Gasteiger partial charge in [-0.2, -0.15) is 0 Å². The summed E-state index contributed by atoms with van der Waals surface area (Å²) in [4.78, 5) is 0. The third-order valence-corrected chi connectivity index (χ3v) is 2.73. The largest absolute Gasteiger partial charge is 0.346 e. The van der Waals surface area contributed by atoms with Crippen molar-refractivity contribution in [3.05, 3.63) is 35.4 Å². The van der Waals surface area contributed by atoms with Crippen LogP contribution in [0.2, 0.25) is 0 Å². The predicted octanol–water partition coefficient (Wildman–Crippen LogP) is 3.07. The minimum atomic E-state index is -0.127. The second-order valence-electron chi connectivity index (χ2n) is 3.88. The maximum absolute atomic E-state index is 5.54. The summed E-state index contributed by atoms with van der Waals surface area (Å²) >= 11 is 0. The molecule has 0 bridgehead atoms. The Balaban J connectivity index is 2.13. The van der Waals surface area contributed by atoms with Crippen LogP contribution < -0.4 is 0 Å². The van der Waals surface area contributed by atoms with Gasteiger partial charge in [0.15, 0.2) is 6.29 Å². The summed E-state index contributed by atoms with van der Waals surface area (Å²) < 4.78 is 11.1. The molecule has 0 N–H and O–H groups in total. The molecular weight excluding hydrogens is 188 g/mol. The normalized spacial score (nSPS) is 17.1. The van der Waals surface area contributed by atoms with Crippen LogP contribution in [0.4, 0.5) is 0 Å². The van der Waals surface area contributed by atoms with Crippen LogP contribution in [0.3, 0.4) is 0 Å². The maximum atomic E-state index is 5.54. The molecule has 82 valence electrons. The van der Waals surface area contributed by atoms with E-state index in [4.69, 9.17) is 9.47 Å². The van der Waals surface area contributed by atoms with Gasteiger partial charge < -0.3 is 9.47 Å². The summed E-state index contributed by atoms with van der Waals surface area (Å²) in [5.74, 6) is 0. The van der Waals surface area contributed by atoms with Gasteiger partial charge in [0.1, 0.15) is 0 Å². The number of rotatable bonds is 4. The van der Waals surface area contributed by atoms with E-state index in [1.54, 1.807) is 0 Å². The summed E-state index contributed by atoms with van der Waals surface area (Å²) in [6.07, 6.45) is 3.44. The van der Waals surface area contributed by atoms with Crippen LogP contribution in [0, 0.1) is 0 Å². The van der Waals surface area contributed by atoms with Crippen LogP contribution >= 0.6 is 0 Å². The first-order valence-electron chi connectivity index (χ1n) is 5.73. The lowest BCUT2D eigenvalue weighted by molar-refractivity contribution is -0.0447. The van der Waals surface area contributed by atoms with Gasteiger partial charge in [-0.05, 0) is 18.4 Å². The lowest BCUT2D eigenvalue weighted by Gasteiger charge is -2.14. The molecule has 2 heteroatoms. The summed E-state index contributed by atoms with van der Waals surface area (Å²) in [7, 11) is 0. The standard InChI is InChI=1S/C13H18O2/c1-2-3-6-11-7-4-5-8-12(11)13-14-9-10-15-13/h4-5,7-8,13H,2-3,6,9-10H2,1H3. The molecule has 15 heavy (non-hydrogen) atoms. The number of unbranched alkanes of at least 4 members (excludes halogenated alkanes) is 1. The Morgan fingerprint density at radius 1 is 1.20 bits per heavy atom. The fourth-order valence-electron chi connectivity index (χ4n) is 1.90. The average Bonchev–Trinajstić information content (AvgIpc) is 2.80. The van der Waals surface area contributed by atoms with Gasteiger partial charge in [-0.1, -0.05) is 37.6 Å². The van der Waals surface area contributed by atoms with Gasteiger partial charge in [-0.25, -0.2) is 0 Å². The third kappa shape index (κ3) is 2.58. The van der Waals surface area contributed by atoms with Crippen molar-refractivity contribution in [3.63, 3.8) is 0 Å². The van der Waals surface area contributed by atoms with Crippen molar-refractivity contribution in [1.82, 2.24) is 0 Å². The first-order chi connectivity index (χ1) is 7.42. The van der Waals surface area contributed by atoms with E-state index >= 15 is 0 Å². The predicted molar refractivity (Wildman–Crippen MR) is 59.7 cm³/mol. The van der Waals surface area contributed by atoms with E-state index in [9.17, 15) is 0 Å². The van der Waals surface area contributed by atoms with E-state index in [0.717, 1.165) is 6.42 Å². The summed E-state index contributed by atoms with van der Waals surface area (Å²) in [6.45, 7) is 3.64. The molecule has 2 rings (SSSR count). The van der Waals surface area contributed by atoms with E-state index in [1.165, 1.54) is 24.0 Å². The van der Waals surface area contributed by atoms with Crippen LogP contribution in [0.15, 0.2) is 24.3 Å². The molecule has 0 aromatic heterocycles. The Hall–Kier alpha value is -0.860. The Morgan fingerprint density at radius 2 is 1.93 bits per heavy atom. The van der Waals surface area contributed by atoms with E-state index in [0.29, 0.717) is 13.2 Å². The maximum Gasteiger partial charge on any atom is 0.184 e.